The highest BCUT2D eigenvalue weighted by Gasteiger charge is 2.14. The third-order valence-corrected chi connectivity index (χ3v) is 2.10. The average molecular weight is 251 g/mol. The second kappa shape index (κ2) is 4.24. The van der Waals surface area contributed by atoms with Gasteiger partial charge in [-0.15, -0.1) is 0 Å². The van der Waals surface area contributed by atoms with Crippen molar-refractivity contribution in [3.63, 3.8) is 0 Å². The fourth-order valence-electron chi connectivity index (χ4n) is 1.30. The highest BCUT2D eigenvalue weighted by Crippen LogP contribution is 2.04. The second-order valence-corrected chi connectivity index (χ2v) is 3.30. The molecule has 0 fully saturated rings. The summed E-state index contributed by atoms with van der Waals surface area (Å²) in [6, 6.07) is 4.62. The van der Waals surface area contributed by atoms with Gasteiger partial charge in [0.05, 0.1) is 5.69 Å². The van der Waals surface area contributed by atoms with Gasteiger partial charge in [-0.05, 0) is 24.3 Å². The third-order valence-electron chi connectivity index (χ3n) is 2.10. The largest absolute Gasteiger partial charge is 0.476 e. The molecule has 8 heteroatoms. The Balaban J connectivity index is 2.68. The van der Waals surface area contributed by atoms with E-state index in [9.17, 15) is 18.8 Å². The van der Waals surface area contributed by atoms with Crippen molar-refractivity contribution in [1.29, 1.82) is 0 Å². The number of hydrogen-bond acceptors (Lipinski definition) is 4. The number of H-pyrrole nitrogens is 1. The van der Waals surface area contributed by atoms with E-state index in [-0.39, 0.29) is 5.69 Å². The lowest BCUT2D eigenvalue weighted by molar-refractivity contribution is 0.0685. The summed E-state index contributed by atoms with van der Waals surface area (Å²) in [6.45, 7) is 0. The molecule has 0 unspecified atom stereocenters. The molecule has 0 spiro atoms. The van der Waals surface area contributed by atoms with Gasteiger partial charge >= 0.3 is 11.7 Å². The number of aromatic amines is 1. The summed E-state index contributed by atoms with van der Waals surface area (Å²) < 4.78 is 13.4. The molecular weight excluding hydrogens is 245 g/mol. The zero-order valence-electron chi connectivity index (χ0n) is 8.75. The highest BCUT2D eigenvalue weighted by molar-refractivity contribution is 5.84. The summed E-state index contributed by atoms with van der Waals surface area (Å²) in [6.07, 6.45) is 0. The number of hydrogen-bond donors (Lipinski definition) is 2. The molecule has 0 aliphatic heterocycles. The third kappa shape index (κ3) is 2.03. The fraction of sp³-hybridized carbons (Fsp3) is 0. The molecule has 2 N–H and O–H groups in total. The van der Waals surface area contributed by atoms with Gasteiger partial charge in [-0.1, -0.05) is 0 Å². The molecule has 7 nitrogen and oxygen atoms in total. The summed E-state index contributed by atoms with van der Waals surface area (Å²) in [5, 5.41) is 12.1. The molecule has 0 aliphatic rings. The van der Waals surface area contributed by atoms with Crippen LogP contribution < -0.4 is 11.2 Å². The molecule has 92 valence electrons. The van der Waals surface area contributed by atoms with Crippen LogP contribution >= 0.6 is 0 Å². The summed E-state index contributed by atoms with van der Waals surface area (Å²) in [5.41, 5.74) is -2.68. The summed E-state index contributed by atoms with van der Waals surface area (Å²) in [4.78, 5) is 35.1. The molecule has 18 heavy (non-hydrogen) atoms. The van der Waals surface area contributed by atoms with Crippen LogP contribution in [-0.4, -0.2) is 25.8 Å². The van der Waals surface area contributed by atoms with Gasteiger partial charge in [-0.3, -0.25) is 9.78 Å². The summed E-state index contributed by atoms with van der Waals surface area (Å²) in [5.74, 6) is -2.08. The molecule has 0 saturated heterocycles. The maximum absolute atomic E-state index is 12.7. The SMILES string of the molecule is O=C(O)c1nn(-c2ccc(F)cc2)c(=O)[nH]c1=O. The molecule has 1 heterocycles. The van der Waals surface area contributed by atoms with Crippen molar-refractivity contribution >= 4 is 5.97 Å². The minimum absolute atomic E-state index is 0.139. The Morgan fingerprint density at radius 2 is 1.89 bits per heavy atom. The van der Waals surface area contributed by atoms with Crippen LogP contribution in [-0.2, 0) is 0 Å². The van der Waals surface area contributed by atoms with Crippen molar-refractivity contribution in [3.05, 3.63) is 56.6 Å². The van der Waals surface area contributed by atoms with Crippen LogP contribution in [0.5, 0.6) is 0 Å². The maximum Gasteiger partial charge on any atom is 0.362 e. The topological polar surface area (TPSA) is 105 Å². The Morgan fingerprint density at radius 3 is 2.44 bits per heavy atom. The van der Waals surface area contributed by atoms with Gasteiger partial charge in [0, 0.05) is 0 Å². The van der Waals surface area contributed by atoms with Crippen LogP contribution in [0.3, 0.4) is 0 Å². The molecule has 0 bridgehead atoms. The van der Waals surface area contributed by atoms with Gasteiger partial charge in [0.15, 0.2) is 0 Å². The normalized spacial score (nSPS) is 10.3. The fourth-order valence-corrected chi connectivity index (χ4v) is 1.30. The van der Waals surface area contributed by atoms with E-state index in [1.807, 2.05) is 4.98 Å². The smallest absolute Gasteiger partial charge is 0.362 e. The molecule has 1 aromatic carbocycles. The average Bonchev–Trinajstić information content (AvgIpc) is 2.30. The number of carbonyl (C=O) groups is 1. The summed E-state index contributed by atoms with van der Waals surface area (Å²) in [7, 11) is 0. The lowest BCUT2D eigenvalue weighted by Gasteiger charge is -2.03. The Morgan fingerprint density at radius 1 is 1.28 bits per heavy atom. The van der Waals surface area contributed by atoms with Gasteiger partial charge in [-0.2, -0.15) is 9.78 Å². The zero-order valence-corrected chi connectivity index (χ0v) is 8.75. The minimum atomic E-state index is -1.56. The van der Waals surface area contributed by atoms with Crippen molar-refractivity contribution in [1.82, 2.24) is 14.8 Å². The van der Waals surface area contributed by atoms with E-state index in [4.69, 9.17) is 5.11 Å². The predicted molar refractivity (Wildman–Crippen MR) is 57.4 cm³/mol. The second-order valence-electron chi connectivity index (χ2n) is 3.30. The first-order valence-corrected chi connectivity index (χ1v) is 4.72. The number of carboxylic acids is 1. The quantitative estimate of drug-likeness (QED) is 0.766. The molecule has 1 aromatic heterocycles. The van der Waals surface area contributed by atoms with Crippen molar-refractivity contribution in [3.8, 4) is 5.69 Å². The van der Waals surface area contributed by atoms with Crippen LogP contribution in [0.15, 0.2) is 33.9 Å². The number of aromatic nitrogens is 3. The number of nitrogens with zero attached hydrogens (tertiary/aromatic N) is 2. The van der Waals surface area contributed by atoms with E-state index >= 15 is 0 Å². The van der Waals surface area contributed by atoms with Crippen LogP contribution in [0, 0.1) is 5.82 Å². The van der Waals surface area contributed by atoms with Crippen LogP contribution in [0.1, 0.15) is 10.5 Å². The lowest BCUT2D eigenvalue weighted by atomic mass is 10.3. The van der Waals surface area contributed by atoms with E-state index in [2.05, 4.69) is 5.10 Å². The first-order chi connectivity index (χ1) is 8.49. The highest BCUT2D eigenvalue weighted by atomic mass is 19.1. The molecular formula is C10H6FN3O4. The van der Waals surface area contributed by atoms with E-state index < -0.39 is 28.7 Å². The number of carboxylic acid groups (broad SMARTS) is 1. The molecule has 2 aromatic rings. The number of aromatic carboxylic acids is 1. The van der Waals surface area contributed by atoms with Crippen molar-refractivity contribution < 1.29 is 14.3 Å². The molecule has 0 radical (unpaired) electrons. The number of benzene rings is 1. The Kier molecular flexibility index (Phi) is 2.76. The van der Waals surface area contributed by atoms with E-state index in [1.54, 1.807) is 0 Å². The first-order valence-electron chi connectivity index (χ1n) is 4.72. The molecule has 0 atom stereocenters. The number of halogens is 1. The molecule has 2 rings (SSSR count). The predicted octanol–water partition coefficient (Wildman–Crippen LogP) is -0.242. The van der Waals surface area contributed by atoms with Gasteiger partial charge in [0.1, 0.15) is 5.82 Å². The van der Waals surface area contributed by atoms with E-state index in [0.717, 1.165) is 12.1 Å². The summed E-state index contributed by atoms with van der Waals surface area (Å²) >= 11 is 0. The number of nitrogens with one attached hydrogen (secondary N) is 1. The van der Waals surface area contributed by atoms with Crippen molar-refractivity contribution in [2.45, 2.75) is 0 Å². The van der Waals surface area contributed by atoms with Gasteiger partial charge in [-0.25, -0.2) is 14.0 Å². The molecule has 0 saturated carbocycles. The van der Waals surface area contributed by atoms with Gasteiger partial charge < -0.3 is 5.11 Å². The van der Waals surface area contributed by atoms with Crippen LogP contribution in [0.25, 0.3) is 5.69 Å². The van der Waals surface area contributed by atoms with Gasteiger partial charge in [0.2, 0.25) is 5.69 Å². The Labute approximate surface area is 98.1 Å². The van der Waals surface area contributed by atoms with Crippen LogP contribution in [0.2, 0.25) is 0 Å². The lowest BCUT2D eigenvalue weighted by Crippen LogP contribution is -2.35. The monoisotopic (exact) mass is 251 g/mol. The Hall–Kier alpha value is -2.77. The first kappa shape index (κ1) is 11.7. The van der Waals surface area contributed by atoms with E-state index in [1.165, 1.54) is 12.1 Å². The zero-order chi connectivity index (χ0) is 13.3. The minimum Gasteiger partial charge on any atom is -0.476 e. The van der Waals surface area contributed by atoms with Crippen LogP contribution in [0.4, 0.5) is 4.39 Å². The Bertz CT molecular complexity index is 717. The van der Waals surface area contributed by atoms with E-state index in [0.29, 0.717) is 4.68 Å². The van der Waals surface area contributed by atoms with Crippen molar-refractivity contribution in [2.75, 3.05) is 0 Å². The van der Waals surface area contributed by atoms with Crippen molar-refractivity contribution in [2.24, 2.45) is 0 Å². The standard InChI is InChI=1S/C10H6FN3O4/c11-5-1-3-6(4-2-5)14-10(18)12-8(15)7(13-14)9(16)17/h1-4H,(H,16,17)(H,12,15,18). The van der Waals surface area contributed by atoms with Gasteiger partial charge in [0.25, 0.3) is 5.56 Å². The molecule has 0 aliphatic carbocycles. The number of rotatable bonds is 2. The maximum atomic E-state index is 12.7. The molecule has 0 amide bonds.